The Morgan fingerprint density at radius 1 is 1.50 bits per heavy atom. The predicted molar refractivity (Wildman–Crippen MR) is 71.7 cm³/mol. The van der Waals surface area contributed by atoms with Crippen LogP contribution in [0, 0.1) is 0 Å². The Kier molecular flexibility index (Phi) is 4.92. The minimum atomic E-state index is -3.62. The average molecular weight is 305 g/mol. The van der Waals surface area contributed by atoms with Crippen molar-refractivity contribution in [1.82, 2.24) is 14.6 Å². The first-order chi connectivity index (χ1) is 9.13. The van der Waals surface area contributed by atoms with Gasteiger partial charge in [0, 0.05) is 19.8 Å². The number of aliphatic hydroxyl groups is 2. The summed E-state index contributed by atoms with van der Waals surface area (Å²) in [7, 11) is -0.808. The number of aryl methyl sites for hydroxylation is 1. The lowest BCUT2D eigenvalue weighted by atomic mass is 10.1. The number of nitrogens with one attached hydrogen (secondary N) is 2. The van der Waals surface area contributed by atoms with E-state index in [0.29, 0.717) is 0 Å². The van der Waals surface area contributed by atoms with Gasteiger partial charge in [-0.05, 0) is 20.0 Å². The van der Waals surface area contributed by atoms with Crippen LogP contribution >= 0.6 is 0 Å². The van der Waals surface area contributed by atoms with Crippen molar-refractivity contribution < 1.29 is 23.4 Å². The molecule has 1 aromatic rings. The Morgan fingerprint density at radius 3 is 2.60 bits per heavy atom. The average Bonchev–Trinajstić information content (AvgIpc) is 2.79. The summed E-state index contributed by atoms with van der Waals surface area (Å²) in [6.07, 6.45) is 1.31. The van der Waals surface area contributed by atoms with Gasteiger partial charge < -0.3 is 20.1 Å². The van der Waals surface area contributed by atoms with Crippen LogP contribution < -0.4 is 10.0 Å². The quantitative estimate of drug-likeness (QED) is 0.505. The molecule has 4 N–H and O–H groups in total. The Balaban J connectivity index is 2.91. The highest BCUT2D eigenvalue weighted by molar-refractivity contribution is 7.89. The summed E-state index contributed by atoms with van der Waals surface area (Å²) in [5.41, 5.74) is -1.30. The number of aliphatic hydroxyl groups excluding tert-OH is 1. The summed E-state index contributed by atoms with van der Waals surface area (Å²) in [6, 6.07) is 1.23. The molecule has 8 nitrogen and oxygen atoms in total. The van der Waals surface area contributed by atoms with Gasteiger partial charge in [0.15, 0.2) is 0 Å². The van der Waals surface area contributed by atoms with Gasteiger partial charge in [-0.1, -0.05) is 0 Å². The summed E-state index contributed by atoms with van der Waals surface area (Å²) in [5.74, 6) is -0.543. The first-order valence-electron chi connectivity index (χ1n) is 5.84. The number of amides is 1. The third-order valence-corrected chi connectivity index (χ3v) is 4.14. The maximum Gasteiger partial charge on any atom is 0.268 e. The molecule has 20 heavy (non-hydrogen) atoms. The van der Waals surface area contributed by atoms with Crippen molar-refractivity contribution in [2.24, 2.45) is 7.05 Å². The summed E-state index contributed by atoms with van der Waals surface area (Å²) in [5, 5.41) is 20.9. The van der Waals surface area contributed by atoms with E-state index in [0.717, 1.165) is 0 Å². The largest absolute Gasteiger partial charge is 0.393 e. The zero-order valence-corrected chi connectivity index (χ0v) is 12.4. The molecule has 0 saturated carbocycles. The van der Waals surface area contributed by atoms with E-state index in [-0.39, 0.29) is 17.1 Å². The van der Waals surface area contributed by atoms with Crippen molar-refractivity contribution >= 4 is 15.9 Å². The monoisotopic (exact) mass is 305 g/mol. The van der Waals surface area contributed by atoms with E-state index in [2.05, 4.69) is 10.0 Å². The zero-order chi connectivity index (χ0) is 15.6. The lowest BCUT2D eigenvalue weighted by Crippen LogP contribution is -2.43. The molecule has 0 spiro atoms. The SMILES string of the molecule is CNS(=O)(=O)c1cc(C(=O)NCC(C)(O)CO)n(C)c1. The molecular formula is C11H19N3O5S. The fraction of sp³-hybridized carbons (Fsp3) is 0.545. The van der Waals surface area contributed by atoms with Crippen molar-refractivity contribution in [3.8, 4) is 0 Å². The standard InChI is InChI=1S/C11H19N3O5S/c1-11(17,7-15)6-13-10(16)9-4-8(5-14(9)3)20(18,19)12-2/h4-5,12,15,17H,6-7H2,1-3H3,(H,13,16). The first-order valence-corrected chi connectivity index (χ1v) is 7.32. The van der Waals surface area contributed by atoms with Crippen LogP contribution in [0.25, 0.3) is 0 Å². The van der Waals surface area contributed by atoms with Crippen LogP contribution in [-0.4, -0.2) is 54.9 Å². The van der Waals surface area contributed by atoms with Gasteiger partial charge in [-0.3, -0.25) is 4.79 Å². The first kappa shape index (κ1) is 16.6. The number of hydrogen-bond acceptors (Lipinski definition) is 5. The molecule has 0 radical (unpaired) electrons. The summed E-state index contributed by atoms with van der Waals surface area (Å²) >= 11 is 0. The van der Waals surface area contributed by atoms with Crippen molar-refractivity contribution in [1.29, 1.82) is 0 Å². The maximum absolute atomic E-state index is 11.9. The Hall–Kier alpha value is -1.42. The summed E-state index contributed by atoms with van der Waals surface area (Å²) in [4.78, 5) is 11.9. The molecule has 0 aliphatic heterocycles. The van der Waals surface area contributed by atoms with E-state index < -0.39 is 28.1 Å². The molecule has 0 saturated heterocycles. The minimum Gasteiger partial charge on any atom is -0.393 e. The molecule has 1 unspecified atom stereocenters. The summed E-state index contributed by atoms with van der Waals surface area (Å²) < 4.78 is 26.8. The van der Waals surface area contributed by atoms with Crippen LogP contribution in [0.3, 0.4) is 0 Å². The van der Waals surface area contributed by atoms with Crippen LogP contribution in [0.15, 0.2) is 17.2 Å². The molecule has 0 aromatic carbocycles. The van der Waals surface area contributed by atoms with Crippen molar-refractivity contribution in [2.45, 2.75) is 17.4 Å². The Labute approximate surface area is 117 Å². The van der Waals surface area contributed by atoms with E-state index in [1.807, 2.05) is 0 Å². The predicted octanol–water partition coefficient (Wildman–Crippen LogP) is -1.59. The maximum atomic E-state index is 11.9. The van der Waals surface area contributed by atoms with E-state index in [9.17, 15) is 18.3 Å². The van der Waals surface area contributed by atoms with E-state index in [1.165, 1.54) is 37.8 Å². The number of aromatic nitrogens is 1. The van der Waals surface area contributed by atoms with Gasteiger partial charge in [0.1, 0.15) is 16.2 Å². The van der Waals surface area contributed by atoms with E-state index in [1.54, 1.807) is 0 Å². The molecule has 1 atom stereocenters. The molecular weight excluding hydrogens is 286 g/mol. The fourth-order valence-corrected chi connectivity index (χ4v) is 2.24. The minimum absolute atomic E-state index is 0.0263. The highest BCUT2D eigenvalue weighted by Crippen LogP contribution is 2.13. The van der Waals surface area contributed by atoms with Crippen LogP contribution in [0.1, 0.15) is 17.4 Å². The number of hydrogen-bond donors (Lipinski definition) is 4. The normalized spacial score (nSPS) is 14.8. The topological polar surface area (TPSA) is 121 Å². The summed E-state index contributed by atoms with van der Waals surface area (Å²) in [6.45, 7) is 0.719. The van der Waals surface area contributed by atoms with E-state index in [4.69, 9.17) is 5.11 Å². The van der Waals surface area contributed by atoms with Crippen molar-refractivity contribution in [2.75, 3.05) is 20.2 Å². The molecule has 0 aliphatic carbocycles. The molecule has 0 bridgehead atoms. The molecule has 0 fully saturated rings. The lowest BCUT2D eigenvalue weighted by Gasteiger charge is -2.20. The van der Waals surface area contributed by atoms with Gasteiger partial charge in [-0.15, -0.1) is 0 Å². The van der Waals surface area contributed by atoms with Gasteiger partial charge in [0.25, 0.3) is 5.91 Å². The number of carbonyl (C=O) groups is 1. The second-order valence-corrected chi connectivity index (χ2v) is 6.60. The van der Waals surface area contributed by atoms with Crippen molar-refractivity contribution in [3.63, 3.8) is 0 Å². The van der Waals surface area contributed by atoms with Crippen LogP contribution in [0.2, 0.25) is 0 Å². The molecule has 1 heterocycles. The lowest BCUT2D eigenvalue weighted by molar-refractivity contribution is 0.00313. The molecule has 1 amide bonds. The number of nitrogens with zero attached hydrogens (tertiary/aromatic N) is 1. The molecule has 0 aliphatic rings. The number of carbonyl (C=O) groups excluding carboxylic acids is 1. The van der Waals surface area contributed by atoms with Gasteiger partial charge in [0.2, 0.25) is 10.0 Å². The highest BCUT2D eigenvalue weighted by Gasteiger charge is 2.23. The molecule has 1 rings (SSSR count). The third kappa shape index (κ3) is 3.79. The van der Waals surface area contributed by atoms with Crippen LogP contribution in [0.4, 0.5) is 0 Å². The fourth-order valence-electron chi connectivity index (χ4n) is 1.44. The molecule has 1 aromatic heterocycles. The van der Waals surface area contributed by atoms with Crippen LogP contribution in [-0.2, 0) is 17.1 Å². The smallest absolute Gasteiger partial charge is 0.268 e. The second kappa shape index (κ2) is 5.92. The van der Waals surface area contributed by atoms with Gasteiger partial charge >= 0.3 is 0 Å². The van der Waals surface area contributed by atoms with Gasteiger partial charge in [-0.25, -0.2) is 13.1 Å². The van der Waals surface area contributed by atoms with Crippen LogP contribution in [0.5, 0.6) is 0 Å². The van der Waals surface area contributed by atoms with Gasteiger partial charge in [0.05, 0.1) is 6.61 Å². The Morgan fingerprint density at radius 2 is 2.10 bits per heavy atom. The Bertz CT molecular complexity index is 591. The highest BCUT2D eigenvalue weighted by atomic mass is 32.2. The third-order valence-electron chi connectivity index (χ3n) is 2.76. The zero-order valence-electron chi connectivity index (χ0n) is 11.5. The van der Waals surface area contributed by atoms with Crippen molar-refractivity contribution in [3.05, 3.63) is 18.0 Å². The number of sulfonamides is 1. The van der Waals surface area contributed by atoms with Gasteiger partial charge in [-0.2, -0.15) is 0 Å². The number of rotatable bonds is 6. The van der Waals surface area contributed by atoms with E-state index >= 15 is 0 Å². The second-order valence-electron chi connectivity index (χ2n) is 4.72. The molecule has 9 heteroatoms. The molecule has 114 valence electrons.